The summed E-state index contributed by atoms with van der Waals surface area (Å²) in [5.74, 6) is 1.02. The minimum absolute atomic E-state index is 0.0621. The zero-order valence-electron chi connectivity index (χ0n) is 15.3. The Labute approximate surface area is 167 Å². The van der Waals surface area contributed by atoms with Gasteiger partial charge in [0, 0.05) is 25.0 Å². The van der Waals surface area contributed by atoms with Crippen molar-refractivity contribution in [2.45, 2.75) is 13.2 Å². The van der Waals surface area contributed by atoms with Gasteiger partial charge in [-0.05, 0) is 54.1 Å². The van der Waals surface area contributed by atoms with Crippen LogP contribution in [0.25, 0.3) is 6.08 Å². The third kappa shape index (κ3) is 5.56. The quantitative estimate of drug-likeness (QED) is 0.494. The van der Waals surface area contributed by atoms with Crippen LogP contribution in [0.2, 0.25) is 0 Å². The Morgan fingerprint density at radius 3 is 2.55 bits per heavy atom. The Kier molecular flexibility index (Phi) is 6.38. The van der Waals surface area contributed by atoms with Crippen LogP contribution in [0.1, 0.15) is 22.6 Å². The summed E-state index contributed by atoms with van der Waals surface area (Å²) in [7, 11) is 0. The summed E-state index contributed by atoms with van der Waals surface area (Å²) in [5.41, 5.74) is 1.37. The molecule has 1 aromatic carbocycles. The molecule has 7 nitrogen and oxygen atoms in total. The lowest BCUT2D eigenvalue weighted by molar-refractivity contribution is -0.117. The summed E-state index contributed by atoms with van der Waals surface area (Å²) >= 11 is 0. The average Bonchev–Trinajstić information content (AvgIpc) is 3.23. The third-order valence-electron chi connectivity index (χ3n) is 3.90. The van der Waals surface area contributed by atoms with Crippen molar-refractivity contribution in [3.8, 4) is 17.9 Å². The second-order valence-corrected chi connectivity index (χ2v) is 5.94. The minimum atomic E-state index is -0.490. The van der Waals surface area contributed by atoms with Crippen LogP contribution in [-0.2, 0) is 17.9 Å². The molecule has 0 aliphatic carbocycles. The van der Waals surface area contributed by atoms with E-state index in [9.17, 15) is 10.1 Å². The van der Waals surface area contributed by atoms with Crippen molar-refractivity contribution in [2.24, 2.45) is 0 Å². The lowest BCUT2D eigenvalue weighted by Crippen LogP contribution is -2.23. The van der Waals surface area contributed by atoms with Crippen LogP contribution in [0, 0.1) is 22.7 Å². The first-order valence-electron chi connectivity index (χ1n) is 8.68. The monoisotopic (exact) mass is 384 g/mol. The van der Waals surface area contributed by atoms with Crippen molar-refractivity contribution in [1.82, 2.24) is 10.3 Å². The Bertz CT molecular complexity index is 1090. The Balaban J connectivity index is 1.58. The Morgan fingerprint density at radius 1 is 1.10 bits per heavy atom. The number of nitriles is 2. The number of carbonyl (C=O) groups is 1. The van der Waals surface area contributed by atoms with Crippen LogP contribution in [0.3, 0.4) is 0 Å². The van der Waals surface area contributed by atoms with E-state index in [1.807, 2.05) is 12.1 Å². The number of pyridine rings is 1. The molecule has 3 rings (SSSR count). The average molecular weight is 384 g/mol. The molecule has 1 amide bonds. The number of amides is 1. The molecule has 0 bridgehead atoms. The van der Waals surface area contributed by atoms with Gasteiger partial charge in [0.1, 0.15) is 35.5 Å². The maximum absolute atomic E-state index is 12.2. The summed E-state index contributed by atoms with van der Waals surface area (Å²) in [6, 6.07) is 17.6. The zero-order valence-corrected chi connectivity index (χ0v) is 15.3. The molecule has 0 aliphatic rings. The van der Waals surface area contributed by atoms with Crippen LogP contribution < -0.4 is 10.1 Å². The second kappa shape index (κ2) is 9.54. The van der Waals surface area contributed by atoms with Crippen LogP contribution in [0.15, 0.2) is 70.9 Å². The molecule has 0 spiro atoms. The van der Waals surface area contributed by atoms with Crippen molar-refractivity contribution in [1.29, 1.82) is 10.5 Å². The van der Waals surface area contributed by atoms with E-state index < -0.39 is 5.91 Å². The van der Waals surface area contributed by atoms with Gasteiger partial charge in [0.05, 0.1) is 11.6 Å². The Morgan fingerprint density at radius 2 is 1.86 bits per heavy atom. The molecule has 2 heterocycles. The molecule has 0 atom stereocenters. The van der Waals surface area contributed by atoms with E-state index in [0.29, 0.717) is 29.4 Å². The molecule has 7 heteroatoms. The van der Waals surface area contributed by atoms with Crippen molar-refractivity contribution >= 4 is 12.0 Å². The fourth-order valence-corrected chi connectivity index (χ4v) is 2.40. The van der Waals surface area contributed by atoms with E-state index in [-0.39, 0.29) is 12.2 Å². The smallest absolute Gasteiger partial charge is 0.262 e. The van der Waals surface area contributed by atoms with E-state index in [1.165, 1.54) is 6.08 Å². The number of furan rings is 1. The number of ether oxygens (including phenoxy) is 1. The highest BCUT2D eigenvalue weighted by Crippen LogP contribution is 2.17. The topological polar surface area (TPSA) is 112 Å². The summed E-state index contributed by atoms with van der Waals surface area (Å²) in [6.45, 7) is 0.470. The highest BCUT2D eigenvalue weighted by atomic mass is 16.5. The standard InChI is InChI=1S/C22H16N4O3/c23-12-16-1-3-19(4-2-16)28-15-21-6-5-20(29-21)11-18(13-24)22(27)26-14-17-7-9-25-10-8-17/h1-11H,14-15H2,(H,26,27)/b18-11+. The maximum Gasteiger partial charge on any atom is 0.262 e. The SMILES string of the molecule is N#C/C(=C\c1ccc(COc2ccc(C#N)cc2)o1)C(=O)NCc1ccncc1. The van der Waals surface area contributed by atoms with Gasteiger partial charge in [0.2, 0.25) is 0 Å². The number of nitrogens with one attached hydrogen (secondary N) is 1. The van der Waals surface area contributed by atoms with Crippen molar-refractivity contribution in [2.75, 3.05) is 0 Å². The van der Waals surface area contributed by atoms with Gasteiger partial charge in [-0.2, -0.15) is 10.5 Å². The first kappa shape index (κ1) is 19.4. The fourth-order valence-electron chi connectivity index (χ4n) is 2.40. The number of rotatable bonds is 7. The molecular formula is C22H16N4O3. The van der Waals surface area contributed by atoms with E-state index in [2.05, 4.69) is 10.3 Å². The molecule has 0 fully saturated rings. The first-order valence-corrected chi connectivity index (χ1v) is 8.68. The zero-order chi connectivity index (χ0) is 20.5. The Hall–Kier alpha value is -4.36. The summed E-state index contributed by atoms with van der Waals surface area (Å²) in [6.07, 6.45) is 4.65. The van der Waals surface area contributed by atoms with Gasteiger partial charge >= 0.3 is 0 Å². The minimum Gasteiger partial charge on any atom is -0.486 e. The number of hydrogen-bond acceptors (Lipinski definition) is 6. The first-order chi connectivity index (χ1) is 14.2. The molecule has 1 N–H and O–H groups in total. The maximum atomic E-state index is 12.2. The molecule has 3 aromatic rings. The molecule has 0 saturated carbocycles. The van der Waals surface area contributed by atoms with E-state index in [1.54, 1.807) is 60.9 Å². The summed E-state index contributed by atoms with van der Waals surface area (Å²) in [5, 5.41) is 20.8. The van der Waals surface area contributed by atoms with Gasteiger partial charge in [-0.3, -0.25) is 9.78 Å². The molecule has 0 aliphatic heterocycles. The van der Waals surface area contributed by atoms with Gasteiger partial charge in [-0.25, -0.2) is 0 Å². The lowest BCUT2D eigenvalue weighted by Gasteiger charge is -2.04. The van der Waals surface area contributed by atoms with Gasteiger partial charge in [-0.1, -0.05) is 0 Å². The van der Waals surface area contributed by atoms with Crippen LogP contribution >= 0.6 is 0 Å². The van der Waals surface area contributed by atoms with Gasteiger partial charge in [-0.15, -0.1) is 0 Å². The molecule has 2 aromatic heterocycles. The van der Waals surface area contributed by atoms with Gasteiger partial charge in [0.15, 0.2) is 0 Å². The number of benzene rings is 1. The van der Waals surface area contributed by atoms with Gasteiger partial charge in [0.25, 0.3) is 5.91 Å². The summed E-state index contributed by atoms with van der Waals surface area (Å²) in [4.78, 5) is 16.1. The molecular weight excluding hydrogens is 368 g/mol. The number of hydrogen-bond donors (Lipinski definition) is 1. The second-order valence-electron chi connectivity index (χ2n) is 5.94. The fraction of sp³-hybridized carbons (Fsp3) is 0.0909. The molecule has 0 unspecified atom stereocenters. The molecule has 0 radical (unpaired) electrons. The predicted molar refractivity (Wildman–Crippen MR) is 104 cm³/mol. The van der Waals surface area contributed by atoms with Crippen molar-refractivity contribution in [3.05, 3.63) is 89.1 Å². The highest BCUT2D eigenvalue weighted by Gasteiger charge is 2.10. The largest absolute Gasteiger partial charge is 0.486 e. The van der Waals surface area contributed by atoms with E-state index in [0.717, 1.165) is 5.56 Å². The number of nitrogens with zero attached hydrogens (tertiary/aromatic N) is 3. The molecule has 0 saturated heterocycles. The van der Waals surface area contributed by atoms with E-state index >= 15 is 0 Å². The van der Waals surface area contributed by atoms with Crippen LogP contribution in [0.4, 0.5) is 0 Å². The van der Waals surface area contributed by atoms with Gasteiger partial charge < -0.3 is 14.5 Å². The number of aromatic nitrogens is 1. The van der Waals surface area contributed by atoms with Crippen molar-refractivity contribution in [3.63, 3.8) is 0 Å². The number of carbonyl (C=O) groups excluding carboxylic acids is 1. The highest BCUT2D eigenvalue weighted by molar-refractivity contribution is 6.01. The third-order valence-corrected chi connectivity index (χ3v) is 3.90. The normalized spacial score (nSPS) is 10.6. The van der Waals surface area contributed by atoms with Crippen molar-refractivity contribution < 1.29 is 13.9 Å². The summed E-state index contributed by atoms with van der Waals surface area (Å²) < 4.78 is 11.2. The van der Waals surface area contributed by atoms with Crippen LogP contribution in [-0.4, -0.2) is 10.9 Å². The van der Waals surface area contributed by atoms with E-state index in [4.69, 9.17) is 14.4 Å². The molecule has 142 valence electrons. The molecule has 29 heavy (non-hydrogen) atoms. The lowest BCUT2D eigenvalue weighted by atomic mass is 10.2. The van der Waals surface area contributed by atoms with Crippen LogP contribution in [0.5, 0.6) is 5.75 Å². The predicted octanol–water partition coefficient (Wildman–Crippen LogP) is 3.35.